The van der Waals surface area contributed by atoms with Gasteiger partial charge in [-0.25, -0.2) is 0 Å². The maximum atomic E-state index is 12.6. The van der Waals surface area contributed by atoms with Crippen molar-refractivity contribution in [2.75, 3.05) is 28.4 Å². The predicted octanol–water partition coefficient (Wildman–Crippen LogP) is 1.45. The molecular weight excluding hydrogens is 378 g/mol. The Hall–Kier alpha value is -3.26. The van der Waals surface area contributed by atoms with Crippen LogP contribution in [0.25, 0.3) is 11.1 Å². The first-order valence-corrected chi connectivity index (χ1v) is 8.92. The van der Waals surface area contributed by atoms with Gasteiger partial charge >= 0.3 is 0 Å². The summed E-state index contributed by atoms with van der Waals surface area (Å²) in [5.41, 5.74) is 2.05. The van der Waals surface area contributed by atoms with E-state index in [0.29, 0.717) is 40.3 Å². The van der Waals surface area contributed by atoms with Gasteiger partial charge in [0.25, 0.3) is 0 Å². The minimum absolute atomic E-state index is 0.137. The molecule has 0 heterocycles. The standard InChI is InChI=1S/C21H23NO7/c1-26-16-6-5-12-13(9-14(16)24)19(22-10-23)15(25)7-11-8-17(27-2)20(28-3)21(29-4)18(11)12/h5-6,8-10,15,19,25H,7H2,1-4H3,(H,22,23)/t15-,19-/m1/s1. The SMILES string of the molecule is COc1cc2c(c(OC)c1OC)-c1ccc(OC)c(=O)cc1[C@@H](NC=O)[C@H](O)C2. The van der Waals surface area contributed by atoms with Gasteiger partial charge in [0.2, 0.25) is 17.6 Å². The molecule has 2 aromatic carbocycles. The molecule has 0 bridgehead atoms. The molecule has 2 aromatic rings. The Morgan fingerprint density at radius 2 is 1.69 bits per heavy atom. The molecule has 3 rings (SSSR count). The van der Waals surface area contributed by atoms with Gasteiger partial charge in [-0.2, -0.15) is 0 Å². The van der Waals surface area contributed by atoms with Gasteiger partial charge in [-0.1, -0.05) is 6.07 Å². The van der Waals surface area contributed by atoms with Crippen molar-refractivity contribution in [1.29, 1.82) is 0 Å². The van der Waals surface area contributed by atoms with Crippen molar-refractivity contribution in [3.63, 3.8) is 0 Å². The molecule has 1 amide bonds. The molecule has 29 heavy (non-hydrogen) atoms. The summed E-state index contributed by atoms with van der Waals surface area (Å²) in [5.74, 6) is 1.37. The summed E-state index contributed by atoms with van der Waals surface area (Å²) in [5, 5.41) is 13.5. The fourth-order valence-electron chi connectivity index (χ4n) is 3.77. The van der Waals surface area contributed by atoms with Crippen LogP contribution in [0.2, 0.25) is 0 Å². The van der Waals surface area contributed by atoms with Crippen LogP contribution in [0.15, 0.2) is 29.1 Å². The molecule has 0 fully saturated rings. The number of benzene rings is 1. The topological polar surface area (TPSA) is 103 Å². The molecule has 1 aliphatic rings. The highest BCUT2D eigenvalue weighted by molar-refractivity contribution is 5.83. The molecule has 0 aliphatic heterocycles. The zero-order valence-electron chi connectivity index (χ0n) is 16.6. The number of carbonyl (C=O) groups excluding carboxylic acids is 1. The minimum atomic E-state index is -0.990. The number of aliphatic hydroxyl groups excluding tert-OH is 1. The summed E-state index contributed by atoms with van der Waals surface area (Å²) in [6.45, 7) is 0. The third-order valence-electron chi connectivity index (χ3n) is 5.04. The third kappa shape index (κ3) is 3.47. The second-order valence-corrected chi connectivity index (χ2v) is 6.49. The molecule has 0 aromatic heterocycles. The first kappa shape index (κ1) is 20.5. The Balaban J connectivity index is 2.47. The lowest BCUT2D eigenvalue weighted by Gasteiger charge is -2.20. The average molecular weight is 401 g/mol. The summed E-state index contributed by atoms with van der Waals surface area (Å²) in [4.78, 5) is 23.8. The molecule has 0 spiro atoms. The molecule has 154 valence electrons. The Labute approximate surface area is 168 Å². The van der Waals surface area contributed by atoms with Crippen molar-refractivity contribution in [3.8, 4) is 34.1 Å². The first-order valence-electron chi connectivity index (χ1n) is 8.92. The lowest BCUT2D eigenvalue weighted by atomic mass is 9.95. The van der Waals surface area contributed by atoms with Crippen LogP contribution in [0.1, 0.15) is 17.2 Å². The molecule has 1 aliphatic carbocycles. The Morgan fingerprint density at radius 3 is 2.28 bits per heavy atom. The number of methoxy groups -OCH3 is 4. The molecule has 2 atom stereocenters. The van der Waals surface area contributed by atoms with E-state index >= 15 is 0 Å². The van der Waals surface area contributed by atoms with Crippen LogP contribution >= 0.6 is 0 Å². The fraction of sp³-hybridized carbons (Fsp3) is 0.333. The van der Waals surface area contributed by atoms with Gasteiger partial charge in [-0.3, -0.25) is 9.59 Å². The second-order valence-electron chi connectivity index (χ2n) is 6.49. The number of hydrogen-bond acceptors (Lipinski definition) is 7. The Bertz CT molecular complexity index is 990. The summed E-state index contributed by atoms with van der Waals surface area (Å²) < 4.78 is 21.7. The molecule has 8 nitrogen and oxygen atoms in total. The van der Waals surface area contributed by atoms with E-state index in [9.17, 15) is 14.7 Å². The number of ether oxygens (including phenoxy) is 4. The molecule has 2 N–H and O–H groups in total. The van der Waals surface area contributed by atoms with Crippen molar-refractivity contribution < 1.29 is 28.8 Å². The Kier molecular flexibility index (Phi) is 5.93. The van der Waals surface area contributed by atoms with Gasteiger partial charge in [0.15, 0.2) is 17.2 Å². The van der Waals surface area contributed by atoms with Crippen LogP contribution in [0.4, 0.5) is 0 Å². The Morgan fingerprint density at radius 1 is 1.00 bits per heavy atom. The second kappa shape index (κ2) is 8.40. The van der Waals surface area contributed by atoms with Gasteiger partial charge < -0.3 is 29.4 Å². The van der Waals surface area contributed by atoms with Crippen LogP contribution in [0, 0.1) is 0 Å². The highest BCUT2D eigenvalue weighted by Gasteiger charge is 2.33. The smallest absolute Gasteiger partial charge is 0.220 e. The van der Waals surface area contributed by atoms with Gasteiger partial charge in [-0.15, -0.1) is 0 Å². The average Bonchev–Trinajstić information content (AvgIpc) is 2.94. The molecule has 0 saturated heterocycles. The van der Waals surface area contributed by atoms with E-state index in [4.69, 9.17) is 18.9 Å². The molecular formula is C21H23NO7. The number of nitrogens with one attached hydrogen (secondary N) is 1. The highest BCUT2D eigenvalue weighted by Crippen LogP contribution is 2.50. The first-order chi connectivity index (χ1) is 14.0. The van der Waals surface area contributed by atoms with Crippen molar-refractivity contribution in [2.24, 2.45) is 0 Å². The summed E-state index contributed by atoms with van der Waals surface area (Å²) in [6.07, 6.45) is -0.294. The summed E-state index contributed by atoms with van der Waals surface area (Å²) in [7, 11) is 5.92. The van der Waals surface area contributed by atoms with Gasteiger partial charge in [-0.05, 0) is 34.9 Å². The van der Waals surface area contributed by atoms with E-state index in [1.165, 1.54) is 34.5 Å². The lowest BCUT2D eigenvalue weighted by molar-refractivity contribution is -0.111. The van der Waals surface area contributed by atoms with Gasteiger partial charge in [0, 0.05) is 12.0 Å². The summed E-state index contributed by atoms with van der Waals surface area (Å²) in [6, 6.07) is 5.58. The summed E-state index contributed by atoms with van der Waals surface area (Å²) >= 11 is 0. The van der Waals surface area contributed by atoms with Crippen molar-refractivity contribution >= 4 is 6.41 Å². The van der Waals surface area contributed by atoms with E-state index in [1.54, 1.807) is 18.2 Å². The quantitative estimate of drug-likeness (QED) is 0.706. The van der Waals surface area contributed by atoms with E-state index in [2.05, 4.69) is 5.32 Å². The van der Waals surface area contributed by atoms with Crippen molar-refractivity contribution in [2.45, 2.75) is 18.6 Å². The van der Waals surface area contributed by atoms with Crippen LogP contribution in [0.5, 0.6) is 23.0 Å². The maximum Gasteiger partial charge on any atom is 0.220 e. The normalized spacial score (nSPS) is 17.3. The number of rotatable bonds is 6. The van der Waals surface area contributed by atoms with Crippen LogP contribution < -0.4 is 29.7 Å². The van der Waals surface area contributed by atoms with Crippen LogP contribution in [-0.2, 0) is 11.2 Å². The lowest BCUT2D eigenvalue weighted by Crippen LogP contribution is -2.32. The van der Waals surface area contributed by atoms with E-state index in [-0.39, 0.29) is 17.6 Å². The number of aliphatic hydroxyl groups is 1. The van der Waals surface area contributed by atoms with E-state index < -0.39 is 12.1 Å². The largest absolute Gasteiger partial charge is 0.493 e. The zero-order valence-corrected chi connectivity index (χ0v) is 16.6. The molecule has 0 saturated carbocycles. The highest BCUT2D eigenvalue weighted by atomic mass is 16.5. The predicted molar refractivity (Wildman–Crippen MR) is 106 cm³/mol. The number of carbonyl (C=O) groups is 1. The minimum Gasteiger partial charge on any atom is -0.493 e. The molecule has 0 unspecified atom stereocenters. The monoisotopic (exact) mass is 401 g/mol. The van der Waals surface area contributed by atoms with Gasteiger partial charge in [0.05, 0.1) is 40.6 Å². The van der Waals surface area contributed by atoms with Gasteiger partial charge in [0.1, 0.15) is 0 Å². The van der Waals surface area contributed by atoms with Crippen molar-refractivity contribution in [1.82, 2.24) is 5.32 Å². The zero-order chi connectivity index (χ0) is 21.1. The van der Waals surface area contributed by atoms with Crippen LogP contribution in [-0.4, -0.2) is 46.1 Å². The van der Waals surface area contributed by atoms with Crippen LogP contribution in [0.3, 0.4) is 0 Å². The molecule has 8 heteroatoms. The number of hydrogen-bond donors (Lipinski definition) is 2. The third-order valence-corrected chi connectivity index (χ3v) is 5.04. The maximum absolute atomic E-state index is 12.6. The number of amides is 1. The van der Waals surface area contributed by atoms with E-state index in [1.807, 2.05) is 0 Å². The number of fused-ring (bicyclic) bond motifs is 3. The fourth-order valence-corrected chi connectivity index (χ4v) is 3.77. The van der Waals surface area contributed by atoms with Crippen molar-refractivity contribution in [3.05, 3.63) is 45.6 Å². The van der Waals surface area contributed by atoms with E-state index in [0.717, 1.165) is 5.56 Å². The molecule has 0 radical (unpaired) electrons.